The molecule has 0 aliphatic heterocycles. The molecule has 0 saturated carbocycles. The fraction of sp³-hybridized carbons (Fsp3) is 0.333. The number of anilines is 1. The summed E-state index contributed by atoms with van der Waals surface area (Å²) in [7, 11) is -3.75. The minimum atomic E-state index is -3.75. The van der Waals surface area contributed by atoms with Gasteiger partial charge in [-0.3, -0.25) is 9.71 Å². The van der Waals surface area contributed by atoms with Crippen molar-refractivity contribution in [1.82, 2.24) is 30.5 Å². The van der Waals surface area contributed by atoms with Crippen LogP contribution in [0.3, 0.4) is 0 Å². The van der Waals surface area contributed by atoms with Crippen molar-refractivity contribution in [3.63, 3.8) is 0 Å². The number of benzene rings is 2. The Morgan fingerprint density at radius 1 is 1.03 bits per heavy atom. The molecule has 0 amide bonds. The van der Waals surface area contributed by atoms with E-state index in [0.717, 1.165) is 36.8 Å². The van der Waals surface area contributed by atoms with Crippen molar-refractivity contribution in [3.05, 3.63) is 84.2 Å². The van der Waals surface area contributed by atoms with Gasteiger partial charge >= 0.3 is 0 Å². The monoisotopic (exact) mass is 535 g/mol. The number of aliphatic hydroxyl groups is 1. The minimum Gasteiger partial charge on any atom is -0.387 e. The predicted octanol–water partition coefficient (Wildman–Crippen LogP) is 3.59. The van der Waals surface area contributed by atoms with Gasteiger partial charge in [-0.2, -0.15) is 4.80 Å². The average molecular weight is 536 g/mol. The third-order valence-electron chi connectivity index (χ3n) is 6.04. The normalized spacial score (nSPS) is 12.4. The van der Waals surface area contributed by atoms with E-state index in [1.54, 1.807) is 47.5 Å². The first-order valence-electron chi connectivity index (χ1n) is 12.7. The van der Waals surface area contributed by atoms with Crippen LogP contribution in [0.4, 0.5) is 5.69 Å². The quantitative estimate of drug-likeness (QED) is 0.209. The van der Waals surface area contributed by atoms with E-state index in [1.165, 1.54) is 12.1 Å². The van der Waals surface area contributed by atoms with Crippen molar-refractivity contribution >= 4 is 15.7 Å². The number of nitrogens with one attached hydrogen (secondary N) is 2. The van der Waals surface area contributed by atoms with Crippen molar-refractivity contribution in [2.75, 3.05) is 17.8 Å². The average Bonchev–Trinajstić information content (AvgIpc) is 3.41. The smallest absolute Gasteiger partial charge is 0.261 e. The summed E-state index contributed by atoms with van der Waals surface area (Å²) in [5.41, 5.74) is 3.01. The van der Waals surface area contributed by atoms with E-state index < -0.39 is 16.1 Å². The summed E-state index contributed by atoms with van der Waals surface area (Å²) < 4.78 is 28.4. The second-order valence-corrected chi connectivity index (χ2v) is 10.7. The van der Waals surface area contributed by atoms with Crippen molar-refractivity contribution in [2.45, 2.75) is 50.2 Å². The van der Waals surface area contributed by atoms with Crippen molar-refractivity contribution in [3.8, 4) is 11.4 Å². The van der Waals surface area contributed by atoms with Crippen LogP contribution in [0.25, 0.3) is 11.4 Å². The van der Waals surface area contributed by atoms with Gasteiger partial charge < -0.3 is 10.4 Å². The molecule has 0 spiro atoms. The zero-order valence-corrected chi connectivity index (χ0v) is 22.2. The molecule has 0 aliphatic rings. The number of aromatic nitrogens is 5. The molecule has 2 aromatic carbocycles. The van der Waals surface area contributed by atoms with Crippen LogP contribution in [-0.4, -0.2) is 51.8 Å². The predicted molar refractivity (Wildman–Crippen MR) is 146 cm³/mol. The van der Waals surface area contributed by atoms with Gasteiger partial charge in [0.2, 0.25) is 5.82 Å². The Labute approximate surface area is 223 Å². The lowest BCUT2D eigenvalue weighted by atomic mass is 10.1. The zero-order chi connectivity index (χ0) is 26.8. The van der Waals surface area contributed by atoms with E-state index in [1.807, 2.05) is 18.2 Å². The molecule has 0 aliphatic carbocycles. The van der Waals surface area contributed by atoms with Crippen LogP contribution < -0.4 is 10.0 Å². The van der Waals surface area contributed by atoms with Gasteiger partial charge in [-0.1, -0.05) is 38.0 Å². The number of sulfonamides is 1. The maximum absolute atomic E-state index is 12.9. The van der Waals surface area contributed by atoms with Gasteiger partial charge in [0, 0.05) is 35.8 Å². The van der Waals surface area contributed by atoms with Crippen LogP contribution in [0, 0.1) is 0 Å². The molecule has 10 nitrogen and oxygen atoms in total. The molecule has 4 rings (SSSR count). The number of tetrazole rings is 1. The molecule has 1 atom stereocenters. The lowest BCUT2D eigenvalue weighted by molar-refractivity contribution is 0.174. The van der Waals surface area contributed by atoms with Crippen molar-refractivity contribution in [2.24, 2.45) is 0 Å². The highest BCUT2D eigenvalue weighted by Crippen LogP contribution is 2.20. The van der Waals surface area contributed by atoms with Gasteiger partial charge in [-0.25, -0.2) is 8.42 Å². The third-order valence-corrected chi connectivity index (χ3v) is 7.44. The van der Waals surface area contributed by atoms with Crippen molar-refractivity contribution in [1.29, 1.82) is 0 Å². The molecule has 38 heavy (non-hydrogen) atoms. The molecule has 2 heterocycles. The van der Waals surface area contributed by atoms with Gasteiger partial charge in [-0.05, 0) is 72.6 Å². The van der Waals surface area contributed by atoms with Crippen LogP contribution in [0.15, 0.2) is 78.0 Å². The van der Waals surface area contributed by atoms with Gasteiger partial charge in [-0.15, -0.1) is 10.2 Å². The second kappa shape index (κ2) is 13.2. The molecule has 0 fully saturated rings. The standard InChI is InChI=1S/C27H33N7O3S/c1-2-3-4-18-34-31-27(30-33-34)22-9-13-25(14-10-22)38(36,37)32-24-11-7-21(8-12-24)15-17-29-20-26(35)23-6-5-16-28-19-23/h5-14,16,19,26,29,32,35H,2-4,15,17-18,20H2,1H3. The number of rotatable bonds is 14. The number of hydrogen-bond acceptors (Lipinski definition) is 8. The van der Waals surface area contributed by atoms with Crippen LogP contribution in [0.2, 0.25) is 0 Å². The second-order valence-electron chi connectivity index (χ2n) is 9.00. The Morgan fingerprint density at radius 2 is 1.82 bits per heavy atom. The molecule has 200 valence electrons. The summed E-state index contributed by atoms with van der Waals surface area (Å²) in [5.74, 6) is 0.468. The molecule has 0 saturated heterocycles. The van der Waals surface area contributed by atoms with Gasteiger partial charge in [0.15, 0.2) is 0 Å². The SMILES string of the molecule is CCCCCn1nnc(-c2ccc(S(=O)(=O)Nc3ccc(CCNCC(O)c4cccnc4)cc3)cc2)n1. The summed E-state index contributed by atoms with van der Waals surface area (Å²) in [6, 6.07) is 17.3. The highest BCUT2D eigenvalue weighted by molar-refractivity contribution is 7.92. The van der Waals surface area contributed by atoms with Gasteiger partial charge in [0.25, 0.3) is 10.0 Å². The fourth-order valence-corrected chi connectivity index (χ4v) is 4.91. The first-order valence-corrected chi connectivity index (χ1v) is 14.2. The van der Waals surface area contributed by atoms with Gasteiger partial charge in [0.05, 0.1) is 17.5 Å². The lowest BCUT2D eigenvalue weighted by Gasteiger charge is -2.12. The van der Waals surface area contributed by atoms with Gasteiger partial charge in [0.1, 0.15) is 0 Å². The van der Waals surface area contributed by atoms with Crippen LogP contribution in [-0.2, 0) is 23.0 Å². The Morgan fingerprint density at radius 3 is 2.53 bits per heavy atom. The first-order chi connectivity index (χ1) is 18.4. The first kappa shape index (κ1) is 27.4. The minimum absolute atomic E-state index is 0.150. The topological polar surface area (TPSA) is 135 Å². The summed E-state index contributed by atoms with van der Waals surface area (Å²) in [6.45, 7) is 3.95. The van der Waals surface area contributed by atoms with Crippen LogP contribution in [0.1, 0.15) is 43.4 Å². The number of aryl methyl sites for hydroxylation is 1. The van der Waals surface area contributed by atoms with E-state index in [9.17, 15) is 13.5 Å². The molecule has 11 heteroatoms. The Kier molecular flexibility index (Phi) is 9.52. The Bertz CT molecular complexity index is 1380. The number of nitrogens with zero attached hydrogens (tertiary/aromatic N) is 5. The van der Waals surface area contributed by atoms with E-state index in [4.69, 9.17) is 0 Å². The number of aliphatic hydroxyl groups excluding tert-OH is 1. The molecular formula is C27H33N7O3S. The highest BCUT2D eigenvalue weighted by atomic mass is 32.2. The summed E-state index contributed by atoms with van der Waals surface area (Å²) in [6.07, 6.45) is 6.66. The molecule has 3 N–H and O–H groups in total. The lowest BCUT2D eigenvalue weighted by Crippen LogP contribution is -2.23. The molecule has 0 bridgehead atoms. The number of hydrogen-bond donors (Lipinski definition) is 3. The molecule has 4 aromatic rings. The summed E-state index contributed by atoms with van der Waals surface area (Å²) in [5, 5.41) is 25.9. The van der Waals surface area contributed by atoms with E-state index >= 15 is 0 Å². The molecule has 1 unspecified atom stereocenters. The number of unbranched alkanes of at least 4 members (excludes halogenated alkanes) is 2. The van der Waals surface area contributed by atoms with E-state index in [2.05, 4.69) is 37.4 Å². The Hall–Kier alpha value is -3.67. The maximum Gasteiger partial charge on any atom is 0.261 e. The van der Waals surface area contributed by atoms with Crippen LogP contribution >= 0.6 is 0 Å². The Balaban J connectivity index is 1.27. The molecular weight excluding hydrogens is 502 g/mol. The zero-order valence-electron chi connectivity index (χ0n) is 21.4. The largest absolute Gasteiger partial charge is 0.387 e. The van der Waals surface area contributed by atoms with E-state index in [-0.39, 0.29) is 4.90 Å². The number of pyridine rings is 1. The van der Waals surface area contributed by atoms with Crippen molar-refractivity contribution < 1.29 is 13.5 Å². The van der Waals surface area contributed by atoms with Crippen LogP contribution in [0.5, 0.6) is 0 Å². The molecule has 0 radical (unpaired) electrons. The third kappa shape index (κ3) is 7.67. The molecule has 2 aromatic heterocycles. The highest BCUT2D eigenvalue weighted by Gasteiger charge is 2.15. The summed E-state index contributed by atoms with van der Waals surface area (Å²) >= 11 is 0. The maximum atomic E-state index is 12.9. The summed E-state index contributed by atoms with van der Waals surface area (Å²) in [4.78, 5) is 5.74. The van der Waals surface area contributed by atoms with E-state index in [0.29, 0.717) is 36.7 Å². The fourth-order valence-electron chi connectivity index (χ4n) is 3.86.